The van der Waals surface area contributed by atoms with Crippen LogP contribution in [0.2, 0.25) is 0 Å². The zero-order valence-electron chi connectivity index (χ0n) is 18.5. The Kier molecular flexibility index (Phi) is 8.53. The molecular weight excluding hydrogens is 450 g/mol. The van der Waals surface area contributed by atoms with Crippen molar-refractivity contribution >= 4 is 18.0 Å². The zero-order chi connectivity index (χ0) is 24.7. The second kappa shape index (κ2) is 11.6. The van der Waals surface area contributed by atoms with Crippen LogP contribution in [0.4, 0.5) is 13.6 Å². The van der Waals surface area contributed by atoms with Crippen molar-refractivity contribution in [2.75, 3.05) is 20.3 Å². The third kappa shape index (κ3) is 6.07. The summed E-state index contributed by atoms with van der Waals surface area (Å²) in [6, 6.07) is 13.7. The van der Waals surface area contributed by atoms with E-state index in [0.29, 0.717) is 0 Å². The van der Waals surface area contributed by atoms with E-state index in [1.165, 1.54) is 7.11 Å². The molecule has 3 rings (SSSR count). The van der Waals surface area contributed by atoms with Crippen molar-refractivity contribution in [2.24, 2.45) is 0 Å². The summed E-state index contributed by atoms with van der Waals surface area (Å²) in [5.74, 6) is -2.18. The molecule has 0 bridgehead atoms. The summed E-state index contributed by atoms with van der Waals surface area (Å²) in [4.78, 5) is 35.1. The van der Waals surface area contributed by atoms with Crippen LogP contribution in [0, 0.1) is 0 Å². The maximum atomic E-state index is 13.4. The quantitative estimate of drug-likeness (QED) is 0.459. The fourth-order valence-corrected chi connectivity index (χ4v) is 3.95. The minimum atomic E-state index is -3.00. The summed E-state index contributed by atoms with van der Waals surface area (Å²) >= 11 is 0. The lowest BCUT2D eigenvalue weighted by molar-refractivity contribution is -0.149. The molecule has 10 heteroatoms. The Morgan fingerprint density at radius 3 is 2.15 bits per heavy atom. The average molecular weight is 476 g/mol. The summed E-state index contributed by atoms with van der Waals surface area (Å²) in [5.41, 5.74) is 4.04. The van der Waals surface area contributed by atoms with Crippen LogP contribution in [0.1, 0.15) is 29.9 Å². The average Bonchev–Trinajstić information content (AvgIpc) is 3.13. The van der Waals surface area contributed by atoms with E-state index in [4.69, 9.17) is 14.6 Å². The van der Waals surface area contributed by atoms with Gasteiger partial charge < -0.3 is 25.2 Å². The number of carboxylic acid groups (broad SMARTS) is 1. The number of rotatable bonds is 11. The molecule has 0 aromatic heterocycles. The van der Waals surface area contributed by atoms with E-state index in [9.17, 15) is 23.2 Å². The Labute approximate surface area is 195 Å². The van der Waals surface area contributed by atoms with Crippen LogP contribution in [-0.2, 0) is 19.1 Å². The molecule has 0 fully saturated rings. The fourth-order valence-electron chi connectivity index (χ4n) is 3.95. The van der Waals surface area contributed by atoms with Crippen LogP contribution < -0.4 is 10.6 Å². The van der Waals surface area contributed by atoms with E-state index in [2.05, 4.69) is 10.6 Å². The van der Waals surface area contributed by atoms with Gasteiger partial charge >= 0.3 is 12.1 Å². The van der Waals surface area contributed by atoms with Gasteiger partial charge in [-0.15, -0.1) is 0 Å². The maximum absolute atomic E-state index is 13.4. The molecule has 0 heterocycles. The number of alkyl halides is 2. The van der Waals surface area contributed by atoms with Crippen molar-refractivity contribution in [3.63, 3.8) is 0 Å². The Morgan fingerprint density at radius 1 is 1.03 bits per heavy atom. The smallest absolute Gasteiger partial charge is 0.407 e. The van der Waals surface area contributed by atoms with Gasteiger partial charge in [0.25, 0.3) is 6.43 Å². The van der Waals surface area contributed by atoms with Crippen molar-refractivity contribution in [1.29, 1.82) is 0 Å². The third-order valence-electron chi connectivity index (χ3n) is 5.65. The van der Waals surface area contributed by atoms with Gasteiger partial charge in [-0.1, -0.05) is 48.5 Å². The van der Waals surface area contributed by atoms with Crippen LogP contribution in [0.5, 0.6) is 0 Å². The molecule has 2 unspecified atom stereocenters. The molecule has 8 nitrogen and oxygen atoms in total. The molecule has 0 saturated carbocycles. The first-order chi connectivity index (χ1) is 16.3. The molecule has 2 amide bonds. The van der Waals surface area contributed by atoms with Crippen LogP contribution in [-0.4, -0.2) is 61.9 Å². The highest BCUT2D eigenvalue weighted by Crippen LogP contribution is 2.44. The van der Waals surface area contributed by atoms with E-state index in [-0.39, 0.29) is 25.5 Å². The summed E-state index contributed by atoms with van der Waals surface area (Å²) < 4.78 is 36.8. The van der Waals surface area contributed by atoms with Crippen molar-refractivity contribution in [3.8, 4) is 11.1 Å². The van der Waals surface area contributed by atoms with E-state index < -0.39 is 43.0 Å². The Hall–Kier alpha value is -3.53. The van der Waals surface area contributed by atoms with Gasteiger partial charge in [0, 0.05) is 26.0 Å². The number of carboxylic acids is 1. The van der Waals surface area contributed by atoms with Gasteiger partial charge in [-0.3, -0.25) is 4.79 Å². The van der Waals surface area contributed by atoms with E-state index in [1.54, 1.807) is 0 Å². The lowest BCUT2D eigenvalue weighted by Gasteiger charge is -2.19. The van der Waals surface area contributed by atoms with E-state index in [0.717, 1.165) is 22.3 Å². The highest BCUT2D eigenvalue weighted by Gasteiger charge is 2.30. The predicted molar refractivity (Wildman–Crippen MR) is 119 cm³/mol. The van der Waals surface area contributed by atoms with Crippen molar-refractivity contribution in [2.45, 2.75) is 37.3 Å². The van der Waals surface area contributed by atoms with Gasteiger partial charge in [0.1, 0.15) is 12.6 Å². The van der Waals surface area contributed by atoms with Crippen molar-refractivity contribution in [1.82, 2.24) is 10.6 Å². The number of benzene rings is 2. The predicted octanol–water partition coefficient (Wildman–Crippen LogP) is 3.15. The molecule has 0 aliphatic heterocycles. The summed E-state index contributed by atoms with van der Waals surface area (Å²) in [6.45, 7) is -0.125. The summed E-state index contributed by atoms with van der Waals surface area (Å²) in [7, 11) is 1.21. The van der Waals surface area contributed by atoms with Gasteiger partial charge in [0.2, 0.25) is 5.91 Å². The van der Waals surface area contributed by atoms with Crippen LogP contribution in [0.3, 0.4) is 0 Å². The molecule has 2 aromatic rings. The third-order valence-corrected chi connectivity index (χ3v) is 5.65. The largest absolute Gasteiger partial charge is 0.479 e. The van der Waals surface area contributed by atoms with Crippen LogP contribution >= 0.6 is 0 Å². The molecule has 3 N–H and O–H groups in total. The van der Waals surface area contributed by atoms with Gasteiger partial charge in [-0.05, 0) is 22.3 Å². The lowest BCUT2D eigenvalue weighted by atomic mass is 9.98. The van der Waals surface area contributed by atoms with Gasteiger partial charge in [-0.2, -0.15) is 0 Å². The number of halogens is 2. The molecule has 1 aliphatic rings. The molecule has 0 spiro atoms. The second-order valence-electron chi connectivity index (χ2n) is 7.82. The number of hydrogen-bond donors (Lipinski definition) is 3. The standard InChI is InChI=1S/C24H26F2N2O6/c1-33-20(23(30)31)10-11-27-21(29)12-19(22(25)26)28-24(32)34-13-18-16-8-4-2-6-14(16)15-7-3-5-9-17(15)18/h2-9,18-20,22H,10-13H2,1H3,(H,27,29)(H,28,32)(H,30,31). The molecule has 0 radical (unpaired) electrons. The normalized spacial score (nSPS) is 14.1. The number of alkyl carbamates (subject to hydrolysis) is 1. The topological polar surface area (TPSA) is 114 Å². The number of amides is 2. The zero-order valence-corrected chi connectivity index (χ0v) is 18.5. The van der Waals surface area contributed by atoms with Crippen molar-refractivity contribution in [3.05, 3.63) is 59.7 Å². The Bertz CT molecular complexity index is 987. The number of nitrogens with one attached hydrogen (secondary N) is 2. The Morgan fingerprint density at radius 2 is 1.62 bits per heavy atom. The molecule has 34 heavy (non-hydrogen) atoms. The first kappa shape index (κ1) is 25.1. The number of methoxy groups -OCH3 is 1. The monoisotopic (exact) mass is 476 g/mol. The minimum absolute atomic E-state index is 0.0310. The highest BCUT2D eigenvalue weighted by molar-refractivity contribution is 5.80. The molecule has 182 valence electrons. The number of ether oxygens (including phenoxy) is 2. The number of carbonyl (C=O) groups is 3. The van der Waals surface area contributed by atoms with Gasteiger partial charge in [0.15, 0.2) is 6.10 Å². The van der Waals surface area contributed by atoms with Crippen LogP contribution in [0.15, 0.2) is 48.5 Å². The van der Waals surface area contributed by atoms with Gasteiger partial charge in [0.05, 0.1) is 6.42 Å². The SMILES string of the molecule is COC(CCNC(=O)CC(NC(=O)OCC1c2ccccc2-c2ccccc21)C(F)F)C(=O)O. The second-order valence-corrected chi connectivity index (χ2v) is 7.82. The number of aliphatic carboxylic acids is 1. The first-order valence-corrected chi connectivity index (χ1v) is 10.7. The minimum Gasteiger partial charge on any atom is -0.479 e. The number of carbonyl (C=O) groups excluding carboxylic acids is 2. The maximum Gasteiger partial charge on any atom is 0.407 e. The van der Waals surface area contributed by atoms with E-state index >= 15 is 0 Å². The summed E-state index contributed by atoms with van der Waals surface area (Å²) in [5, 5.41) is 13.3. The number of fused-ring (bicyclic) bond motifs is 3. The van der Waals surface area contributed by atoms with Crippen LogP contribution in [0.25, 0.3) is 11.1 Å². The van der Waals surface area contributed by atoms with Gasteiger partial charge in [-0.25, -0.2) is 18.4 Å². The Balaban J connectivity index is 1.53. The lowest BCUT2D eigenvalue weighted by Crippen LogP contribution is -2.44. The van der Waals surface area contributed by atoms with Crippen molar-refractivity contribution < 1.29 is 37.7 Å². The molecule has 1 aliphatic carbocycles. The molecule has 2 aromatic carbocycles. The highest BCUT2D eigenvalue weighted by atomic mass is 19.3. The first-order valence-electron chi connectivity index (χ1n) is 10.7. The molecular formula is C24H26F2N2O6. The fraction of sp³-hybridized carbons (Fsp3) is 0.375. The molecule has 2 atom stereocenters. The van der Waals surface area contributed by atoms with E-state index in [1.807, 2.05) is 48.5 Å². The number of hydrogen-bond acceptors (Lipinski definition) is 5. The summed E-state index contributed by atoms with van der Waals surface area (Å²) in [6.07, 6.45) is -5.89. The molecule has 0 saturated heterocycles.